The highest BCUT2D eigenvalue weighted by Crippen LogP contribution is 2.03. The SMILES string of the molecule is C=CCC(C)C=CC=CCN. The Labute approximate surface area is 69.3 Å². The van der Waals surface area contributed by atoms with Crippen molar-refractivity contribution in [2.24, 2.45) is 11.7 Å². The second-order valence-electron chi connectivity index (χ2n) is 2.55. The van der Waals surface area contributed by atoms with Crippen LogP contribution in [0.1, 0.15) is 13.3 Å². The van der Waals surface area contributed by atoms with Gasteiger partial charge in [-0.2, -0.15) is 0 Å². The van der Waals surface area contributed by atoms with Crippen LogP contribution in [0.3, 0.4) is 0 Å². The minimum absolute atomic E-state index is 0.579. The summed E-state index contributed by atoms with van der Waals surface area (Å²) in [6.07, 6.45) is 11.0. The molecule has 62 valence electrons. The first kappa shape index (κ1) is 10.2. The van der Waals surface area contributed by atoms with Gasteiger partial charge in [0.1, 0.15) is 0 Å². The summed E-state index contributed by atoms with van der Waals surface area (Å²) in [7, 11) is 0. The van der Waals surface area contributed by atoms with E-state index < -0.39 is 0 Å². The molecule has 0 aromatic heterocycles. The number of hydrogen-bond acceptors (Lipinski definition) is 1. The van der Waals surface area contributed by atoms with Crippen LogP contribution in [0.5, 0.6) is 0 Å². The van der Waals surface area contributed by atoms with E-state index in [0.29, 0.717) is 12.5 Å². The maximum absolute atomic E-state index is 5.27. The first-order valence-electron chi connectivity index (χ1n) is 3.95. The molecule has 0 rings (SSSR count). The van der Waals surface area contributed by atoms with Crippen molar-refractivity contribution in [2.45, 2.75) is 13.3 Å². The summed E-state index contributed by atoms with van der Waals surface area (Å²) in [5, 5.41) is 0. The van der Waals surface area contributed by atoms with Gasteiger partial charge in [-0.05, 0) is 12.3 Å². The van der Waals surface area contributed by atoms with Crippen LogP contribution in [0.15, 0.2) is 37.0 Å². The third kappa shape index (κ3) is 7.07. The second kappa shape index (κ2) is 7.29. The summed E-state index contributed by atoms with van der Waals surface area (Å²) in [5.41, 5.74) is 5.27. The highest BCUT2D eigenvalue weighted by molar-refractivity contribution is 5.04. The fraction of sp³-hybridized carbons (Fsp3) is 0.400. The Morgan fingerprint density at radius 3 is 2.73 bits per heavy atom. The van der Waals surface area contributed by atoms with Crippen molar-refractivity contribution < 1.29 is 0 Å². The largest absolute Gasteiger partial charge is 0.327 e. The standard InChI is InChI=1S/C10H17N/c1-3-7-10(2)8-5-4-6-9-11/h3-6,8,10H,1,7,9,11H2,2H3. The third-order valence-corrected chi connectivity index (χ3v) is 1.36. The lowest BCUT2D eigenvalue weighted by Crippen LogP contribution is -1.91. The van der Waals surface area contributed by atoms with Gasteiger partial charge in [0.25, 0.3) is 0 Å². The molecule has 11 heavy (non-hydrogen) atoms. The molecule has 0 aliphatic heterocycles. The predicted octanol–water partition coefficient (Wildman–Crippen LogP) is 2.27. The zero-order valence-electron chi connectivity index (χ0n) is 7.16. The Hall–Kier alpha value is -0.820. The van der Waals surface area contributed by atoms with Gasteiger partial charge in [0.2, 0.25) is 0 Å². The molecule has 0 aliphatic carbocycles. The highest BCUT2D eigenvalue weighted by Gasteiger charge is 1.88. The predicted molar refractivity (Wildman–Crippen MR) is 51.3 cm³/mol. The van der Waals surface area contributed by atoms with E-state index >= 15 is 0 Å². The molecule has 0 aromatic carbocycles. The molecule has 0 heterocycles. The summed E-state index contributed by atoms with van der Waals surface area (Å²) in [5.74, 6) is 0.579. The van der Waals surface area contributed by atoms with Crippen molar-refractivity contribution in [3.63, 3.8) is 0 Å². The minimum atomic E-state index is 0.579. The molecule has 2 N–H and O–H groups in total. The van der Waals surface area contributed by atoms with Gasteiger partial charge in [0, 0.05) is 6.54 Å². The first-order valence-corrected chi connectivity index (χ1v) is 3.95. The van der Waals surface area contributed by atoms with Crippen LogP contribution in [0, 0.1) is 5.92 Å². The van der Waals surface area contributed by atoms with Gasteiger partial charge in [0.05, 0.1) is 0 Å². The van der Waals surface area contributed by atoms with Crippen molar-refractivity contribution in [2.75, 3.05) is 6.54 Å². The zero-order chi connectivity index (χ0) is 8.53. The van der Waals surface area contributed by atoms with Crippen LogP contribution in [0.2, 0.25) is 0 Å². The fourth-order valence-corrected chi connectivity index (χ4v) is 0.752. The average Bonchev–Trinajstić information content (AvgIpc) is 1.99. The van der Waals surface area contributed by atoms with Crippen molar-refractivity contribution in [3.05, 3.63) is 37.0 Å². The molecule has 0 amide bonds. The van der Waals surface area contributed by atoms with E-state index in [2.05, 4.69) is 19.6 Å². The molecular formula is C10H17N. The summed E-state index contributed by atoms with van der Waals surface area (Å²) >= 11 is 0. The summed E-state index contributed by atoms with van der Waals surface area (Å²) in [6.45, 7) is 6.45. The van der Waals surface area contributed by atoms with Crippen molar-refractivity contribution in [1.29, 1.82) is 0 Å². The Morgan fingerprint density at radius 2 is 2.18 bits per heavy atom. The van der Waals surface area contributed by atoms with Crippen LogP contribution in [0.25, 0.3) is 0 Å². The quantitative estimate of drug-likeness (QED) is 0.473. The van der Waals surface area contributed by atoms with Crippen LogP contribution in [0.4, 0.5) is 0 Å². The molecular weight excluding hydrogens is 134 g/mol. The van der Waals surface area contributed by atoms with Gasteiger partial charge < -0.3 is 5.73 Å². The lowest BCUT2D eigenvalue weighted by atomic mass is 10.1. The van der Waals surface area contributed by atoms with E-state index in [0.717, 1.165) is 6.42 Å². The summed E-state index contributed by atoms with van der Waals surface area (Å²) < 4.78 is 0. The lowest BCUT2D eigenvalue weighted by Gasteiger charge is -1.97. The fourth-order valence-electron chi connectivity index (χ4n) is 0.752. The monoisotopic (exact) mass is 151 g/mol. The van der Waals surface area contributed by atoms with Gasteiger partial charge in [-0.25, -0.2) is 0 Å². The molecule has 1 nitrogen and oxygen atoms in total. The van der Waals surface area contributed by atoms with E-state index in [1.165, 1.54) is 0 Å². The van der Waals surface area contributed by atoms with E-state index in [1.807, 2.05) is 24.3 Å². The van der Waals surface area contributed by atoms with Crippen LogP contribution in [-0.2, 0) is 0 Å². The maximum Gasteiger partial charge on any atom is 0.0109 e. The molecule has 0 saturated carbocycles. The van der Waals surface area contributed by atoms with Gasteiger partial charge in [-0.1, -0.05) is 37.3 Å². The van der Waals surface area contributed by atoms with Crippen molar-refractivity contribution in [3.8, 4) is 0 Å². The second-order valence-corrected chi connectivity index (χ2v) is 2.55. The highest BCUT2D eigenvalue weighted by atomic mass is 14.5. The number of rotatable bonds is 5. The Morgan fingerprint density at radius 1 is 1.45 bits per heavy atom. The molecule has 0 fully saturated rings. The summed E-state index contributed by atoms with van der Waals surface area (Å²) in [4.78, 5) is 0. The number of hydrogen-bond donors (Lipinski definition) is 1. The normalized spacial score (nSPS) is 14.4. The molecule has 1 atom stereocenters. The lowest BCUT2D eigenvalue weighted by molar-refractivity contribution is 0.745. The summed E-state index contributed by atoms with van der Waals surface area (Å²) in [6, 6.07) is 0. The number of allylic oxidation sites excluding steroid dienone is 4. The molecule has 0 aromatic rings. The van der Waals surface area contributed by atoms with Gasteiger partial charge in [-0.15, -0.1) is 6.58 Å². The van der Waals surface area contributed by atoms with Crippen LogP contribution >= 0.6 is 0 Å². The van der Waals surface area contributed by atoms with Gasteiger partial charge in [0.15, 0.2) is 0 Å². The average molecular weight is 151 g/mol. The molecule has 0 bridgehead atoms. The molecule has 1 unspecified atom stereocenters. The van der Waals surface area contributed by atoms with E-state index in [1.54, 1.807) is 0 Å². The first-order chi connectivity index (χ1) is 5.31. The van der Waals surface area contributed by atoms with E-state index in [9.17, 15) is 0 Å². The topological polar surface area (TPSA) is 26.0 Å². The van der Waals surface area contributed by atoms with Gasteiger partial charge in [-0.3, -0.25) is 0 Å². The van der Waals surface area contributed by atoms with Crippen LogP contribution < -0.4 is 5.73 Å². The van der Waals surface area contributed by atoms with Crippen molar-refractivity contribution >= 4 is 0 Å². The van der Waals surface area contributed by atoms with Crippen LogP contribution in [-0.4, -0.2) is 6.54 Å². The molecule has 1 heteroatoms. The van der Waals surface area contributed by atoms with Gasteiger partial charge >= 0.3 is 0 Å². The van der Waals surface area contributed by atoms with E-state index in [-0.39, 0.29) is 0 Å². The maximum atomic E-state index is 5.27. The smallest absolute Gasteiger partial charge is 0.0109 e. The molecule has 0 spiro atoms. The molecule has 0 saturated heterocycles. The number of nitrogens with two attached hydrogens (primary N) is 1. The molecule has 0 aliphatic rings. The van der Waals surface area contributed by atoms with E-state index in [4.69, 9.17) is 5.73 Å². The molecule has 0 radical (unpaired) electrons. The Kier molecular flexibility index (Phi) is 6.75. The Bertz CT molecular complexity index is 145. The third-order valence-electron chi connectivity index (χ3n) is 1.36. The zero-order valence-corrected chi connectivity index (χ0v) is 7.16. The van der Waals surface area contributed by atoms with Crippen molar-refractivity contribution in [1.82, 2.24) is 0 Å². The minimum Gasteiger partial charge on any atom is -0.327 e. The Balaban J connectivity index is 3.54.